The second-order valence-corrected chi connectivity index (χ2v) is 9.89. The van der Waals surface area contributed by atoms with Gasteiger partial charge in [-0.2, -0.15) is 4.31 Å². The van der Waals surface area contributed by atoms with Crippen LogP contribution in [0.15, 0.2) is 54.1 Å². The number of nitrogens with zero attached hydrogens (tertiary/aromatic N) is 4. The first-order valence-electron chi connectivity index (χ1n) is 10.8. The molecule has 0 saturated carbocycles. The second-order valence-electron chi connectivity index (χ2n) is 8.08. The minimum absolute atomic E-state index is 0.00947. The number of benzene rings is 1. The zero-order valence-electron chi connectivity index (χ0n) is 17.3. The molecule has 0 N–H and O–H groups in total. The summed E-state index contributed by atoms with van der Waals surface area (Å²) in [5.41, 5.74) is 2.60. The summed E-state index contributed by atoms with van der Waals surface area (Å²) in [5, 5.41) is 1.31. The zero-order valence-corrected chi connectivity index (χ0v) is 18.1. The number of rotatable bonds is 5. The summed E-state index contributed by atoms with van der Waals surface area (Å²) < 4.78 is 35.4. The molecule has 0 radical (unpaired) electrons. The summed E-state index contributed by atoms with van der Waals surface area (Å²) in [6, 6.07) is 13.5. The van der Waals surface area contributed by atoms with Crippen LogP contribution in [0.25, 0.3) is 17.2 Å². The lowest BCUT2D eigenvalue weighted by Crippen LogP contribution is -2.38. The average molecular weight is 439 g/mol. The van der Waals surface area contributed by atoms with Crippen LogP contribution in [0, 0.1) is 0 Å². The van der Waals surface area contributed by atoms with E-state index in [1.54, 1.807) is 16.6 Å². The number of imidazole rings is 1. The van der Waals surface area contributed by atoms with Crippen molar-refractivity contribution in [2.24, 2.45) is 0 Å². The molecule has 0 spiro atoms. The van der Waals surface area contributed by atoms with Crippen LogP contribution in [-0.2, 0) is 14.8 Å². The van der Waals surface area contributed by atoms with Crippen LogP contribution in [0.3, 0.4) is 0 Å². The van der Waals surface area contributed by atoms with Gasteiger partial charge in [0.1, 0.15) is 17.4 Å². The van der Waals surface area contributed by atoms with Gasteiger partial charge in [0, 0.05) is 37.3 Å². The molecule has 3 aromatic rings. The molecule has 8 heteroatoms. The zero-order chi connectivity index (χ0) is 21.3. The van der Waals surface area contributed by atoms with E-state index in [1.165, 1.54) is 5.41 Å². The van der Waals surface area contributed by atoms with Gasteiger partial charge in [-0.15, -0.1) is 0 Å². The summed E-state index contributed by atoms with van der Waals surface area (Å²) in [6.45, 7) is 1.71. The summed E-state index contributed by atoms with van der Waals surface area (Å²) in [5.74, 6) is 0.927. The molecular formula is C23H26N4O3S. The maximum atomic E-state index is 12.8. The molecule has 4 heterocycles. The van der Waals surface area contributed by atoms with E-state index in [4.69, 9.17) is 9.72 Å². The Bertz CT molecular complexity index is 1180. The summed E-state index contributed by atoms with van der Waals surface area (Å²) >= 11 is 0. The molecule has 0 aliphatic carbocycles. The Balaban J connectivity index is 1.35. The Morgan fingerprint density at radius 3 is 2.58 bits per heavy atom. The SMILES string of the molecule is O=S(=O)(C=Cc1ccccc1)N1CCC(n2c(C3CCCO3)nc3cccnc32)CC1. The largest absolute Gasteiger partial charge is 0.370 e. The quantitative estimate of drug-likeness (QED) is 0.603. The van der Waals surface area contributed by atoms with E-state index < -0.39 is 10.0 Å². The van der Waals surface area contributed by atoms with Gasteiger partial charge in [0.2, 0.25) is 10.0 Å². The van der Waals surface area contributed by atoms with E-state index in [0.717, 1.165) is 54.8 Å². The van der Waals surface area contributed by atoms with E-state index in [0.29, 0.717) is 13.1 Å². The maximum Gasteiger partial charge on any atom is 0.236 e. The molecule has 1 atom stereocenters. The number of sulfonamides is 1. The summed E-state index contributed by atoms with van der Waals surface area (Å²) in [4.78, 5) is 9.41. The van der Waals surface area contributed by atoms with Gasteiger partial charge < -0.3 is 9.30 Å². The number of fused-ring (bicyclic) bond motifs is 1. The highest BCUT2D eigenvalue weighted by Crippen LogP contribution is 2.35. The van der Waals surface area contributed by atoms with Crippen LogP contribution in [0.5, 0.6) is 0 Å². The van der Waals surface area contributed by atoms with Crippen LogP contribution < -0.4 is 0 Å². The number of piperidine rings is 1. The molecule has 2 aliphatic heterocycles. The Morgan fingerprint density at radius 2 is 1.84 bits per heavy atom. The fourth-order valence-corrected chi connectivity index (χ4v) is 5.71. The predicted molar refractivity (Wildman–Crippen MR) is 120 cm³/mol. The van der Waals surface area contributed by atoms with Crippen molar-refractivity contribution < 1.29 is 13.2 Å². The third-order valence-corrected chi connectivity index (χ3v) is 7.64. The standard InChI is InChI=1S/C23H26N4O3S/c28-31(29,17-12-18-6-2-1-3-7-18)26-14-10-19(11-15-26)27-22-20(8-4-13-24-22)25-23(27)21-9-5-16-30-21/h1-4,6-8,12-13,17,19,21H,5,9-11,14-16H2. The fraction of sp³-hybridized carbons (Fsp3) is 0.391. The van der Waals surface area contributed by atoms with Crippen LogP contribution in [0.2, 0.25) is 0 Å². The molecule has 1 aromatic carbocycles. The van der Waals surface area contributed by atoms with Crippen molar-refractivity contribution in [1.82, 2.24) is 18.8 Å². The van der Waals surface area contributed by atoms with Crippen LogP contribution in [0.4, 0.5) is 0 Å². The predicted octanol–water partition coefficient (Wildman–Crippen LogP) is 3.92. The minimum Gasteiger partial charge on any atom is -0.370 e. The normalized spacial score (nSPS) is 21.4. The van der Waals surface area contributed by atoms with E-state index in [1.807, 2.05) is 42.5 Å². The summed E-state index contributed by atoms with van der Waals surface area (Å²) in [7, 11) is -3.45. The molecular weight excluding hydrogens is 412 g/mol. The molecule has 1 unspecified atom stereocenters. The van der Waals surface area contributed by atoms with Crippen molar-refractivity contribution >= 4 is 27.3 Å². The Labute approximate surface area is 182 Å². The van der Waals surface area contributed by atoms with Crippen molar-refractivity contribution in [3.05, 3.63) is 65.5 Å². The third-order valence-electron chi connectivity index (χ3n) is 6.07. The first-order valence-corrected chi connectivity index (χ1v) is 12.3. The number of pyridine rings is 1. The topological polar surface area (TPSA) is 77.3 Å². The molecule has 7 nitrogen and oxygen atoms in total. The van der Waals surface area contributed by atoms with Gasteiger partial charge >= 0.3 is 0 Å². The third kappa shape index (κ3) is 4.15. The summed E-state index contributed by atoms with van der Waals surface area (Å²) in [6.07, 6.45) is 6.87. The lowest BCUT2D eigenvalue weighted by molar-refractivity contribution is 0.0990. The lowest BCUT2D eigenvalue weighted by Gasteiger charge is -2.32. The highest BCUT2D eigenvalue weighted by molar-refractivity contribution is 7.92. The molecule has 2 aromatic heterocycles. The fourth-order valence-electron chi connectivity index (χ4n) is 4.49. The molecule has 0 bridgehead atoms. The molecule has 31 heavy (non-hydrogen) atoms. The van der Waals surface area contributed by atoms with E-state index in [9.17, 15) is 8.42 Å². The molecule has 2 saturated heterocycles. The second kappa shape index (κ2) is 8.53. The van der Waals surface area contributed by atoms with Crippen LogP contribution >= 0.6 is 0 Å². The molecule has 2 aliphatic rings. The highest BCUT2D eigenvalue weighted by Gasteiger charge is 2.32. The monoisotopic (exact) mass is 438 g/mol. The van der Waals surface area contributed by atoms with Crippen molar-refractivity contribution in [1.29, 1.82) is 0 Å². The Hall–Kier alpha value is -2.55. The Morgan fingerprint density at radius 1 is 1.03 bits per heavy atom. The van der Waals surface area contributed by atoms with Crippen molar-refractivity contribution in [3.8, 4) is 0 Å². The van der Waals surface area contributed by atoms with Crippen molar-refractivity contribution in [2.75, 3.05) is 19.7 Å². The molecule has 2 fully saturated rings. The van der Waals surface area contributed by atoms with E-state index in [2.05, 4.69) is 9.55 Å². The van der Waals surface area contributed by atoms with Gasteiger partial charge in [-0.25, -0.2) is 18.4 Å². The number of ether oxygens (including phenoxy) is 1. The van der Waals surface area contributed by atoms with Gasteiger partial charge in [0.05, 0.1) is 0 Å². The highest BCUT2D eigenvalue weighted by atomic mass is 32.2. The van der Waals surface area contributed by atoms with Crippen LogP contribution in [0.1, 0.15) is 49.2 Å². The number of aromatic nitrogens is 3. The maximum absolute atomic E-state index is 12.8. The van der Waals surface area contributed by atoms with Gasteiger partial charge in [-0.3, -0.25) is 0 Å². The molecule has 5 rings (SSSR count). The van der Waals surface area contributed by atoms with Gasteiger partial charge in [-0.1, -0.05) is 30.3 Å². The molecule has 0 amide bonds. The lowest BCUT2D eigenvalue weighted by atomic mass is 10.1. The van der Waals surface area contributed by atoms with E-state index >= 15 is 0 Å². The number of hydrogen-bond donors (Lipinski definition) is 0. The van der Waals surface area contributed by atoms with Crippen molar-refractivity contribution in [3.63, 3.8) is 0 Å². The van der Waals surface area contributed by atoms with Crippen LogP contribution in [-0.4, -0.2) is 47.0 Å². The molecule has 162 valence electrons. The Kier molecular flexibility index (Phi) is 5.60. The van der Waals surface area contributed by atoms with Gasteiger partial charge in [0.15, 0.2) is 5.65 Å². The van der Waals surface area contributed by atoms with E-state index in [-0.39, 0.29) is 12.1 Å². The minimum atomic E-state index is -3.45. The van der Waals surface area contributed by atoms with Gasteiger partial charge in [-0.05, 0) is 49.5 Å². The number of hydrogen-bond acceptors (Lipinski definition) is 5. The average Bonchev–Trinajstić information content (AvgIpc) is 3.46. The van der Waals surface area contributed by atoms with Gasteiger partial charge in [0.25, 0.3) is 0 Å². The first kappa shape index (κ1) is 20.4. The van der Waals surface area contributed by atoms with Crippen molar-refractivity contribution in [2.45, 2.75) is 37.8 Å². The first-order chi connectivity index (χ1) is 15.1. The smallest absolute Gasteiger partial charge is 0.236 e.